The van der Waals surface area contributed by atoms with Gasteiger partial charge in [-0.3, -0.25) is 0 Å². The summed E-state index contributed by atoms with van der Waals surface area (Å²) in [4.78, 5) is 0. The molecule has 1 heterocycles. The summed E-state index contributed by atoms with van der Waals surface area (Å²) in [5.74, 6) is 0. The SMILES string of the molecule is CO[C@@H]1O[C@H](C=C(Br)Br)[C@@H](OCc2ccccc2)[C@H](OCc2ccccc2)[C@H]1OCc1ccccc1. The molecule has 0 aliphatic carbocycles. The van der Waals surface area contributed by atoms with Crippen LogP contribution in [0.1, 0.15) is 16.7 Å². The number of rotatable bonds is 11. The van der Waals surface area contributed by atoms with E-state index in [9.17, 15) is 0 Å². The Balaban J connectivity index is 1.61. The van der Waals surface area contributed by atoms with E-state index >= 15 is 0 Å². The van der Waals surface area contributed by atoms with Gasteiger partial charge in [-0.2, -0.15) is 0 Å². The first kappa shape index (κ1) is 27.2. The third-order valence-electron chi connectivity index (χ3n) is 5.91. The highest BCUT2D eigenvalue weighted by Crippen LogP contribution is 2.33. The maximum Gasteiger partial charge on any atom is 0.186 e. The van der Waals surface area contributed by atoms with E-state index in [2.05, 4.69) is 31.9 Å². The molecule has 0 bridgehead atoms. The largest absolute Gasteiger partial charge is 0.368 e. The Morgan fingerprint density at radius 2 is 1.08 bits per heavy atom. The van der Waals surface area contributed by atoms with Gasteiger partial charge in [-0.05, 0) is 54.6 Å². The standard InChI is InChI=1S/C29H30Br2O5/c1-32-29-28(35-20-23-15-9-4-10-16-23)27(34-19-22-13-7-3-8-14-22)26(24(36-29)17-25(30)31)33-18-21-11-5-2-6-12-21/h2-17,24,26-29H,18-20H2,1H3/t24-,26-,27+,28-,29-/m1/s1. The van der Waals surface area contributed by atoms with Crippen molar-refractivity contribution in [3.8, 4) is 0 Å². The molecule has 5 nitrogen and oxygen atoms in total. The molecule has 4 rings (SSSR count). The molecule has 3 aromatic rings. The van der Waals surface area contributed by atoms with Crippen molar-refractivity contribution in [1.29, 1.82) is 0 Å². The van der Waals surface area contributed by atoms with Gasteiger partial charge >= 0.3 is 0 Å². The topological polar surface area (TPSA) is 46.2 Å². The zero-order valence-electron chi connectivity index (χ0n) is 20.0. The highest BCUT2D eigenvalue weighted by atomic mass is 79.9. The van der Waals surface area contributed by atoms with Gasteiger partial charge in [0.1, 0.15) is 24.4 Å². The second-order valence-corrected chi connectivity index (χ2v) is 11.2. The van der Waals surface area contributed by atoms with Crippen molar-refractivity contribution in [2.45, 2.75) is 50.5 Å². The Morgan fingerprint density at radius 1 is 0.667 bits per heavy atom. The van der Waals surface area contributed by atoms with E-state index in [4.69, 9.17) is 23.7 Å². The molecule has 190 valence electrons. The quantitative estimate of drug-likeness (QED) is 0.238. The zero-order chi connectivity index (χ0) is 25.2. The summed E-state index contributed by atoms with van der Waals surface area (Å²) in [5, 5.41) is 0. The monoisotopic (exact) mass is 616 g/mol. The third kappa shape index (κ3) is 7.83. The highest BCUT2D eigenvalue weighted by Gasteiger charge is 2.48. The van der Waals surface area contributed by atoms with E-state index in [0.717, 1.165) is 20.1 Å². The van der Waals surface area contributed by atoms with Crippen molar-refractivity contribution >= 4 is 31.9 Å². The number of hydrogen-bond donors (Lipinski definition) is 0. The first-order valence-electron chi connectivity index (χ1n) is 11.8. The van der Waals surface area contributed by atoms with Crippen molar-refractivity contribution in [2.75, 3.05) is 7.11 Å². The summed E-state index contributed by atoms with van der Waals surface area (Å²) < 4.78 is 32.3. The van der Waals surface area contributed by atoms with Crippen molar-refractivity contribution in [2.24, 2.45) is 0 Å². The predicted octanol–water partition coefficient (Wildman–Crippen LogP) is 6.75. The van der Waals surface area contributed by atoms with Crippen LogP contribution >= 0.6 is 31.9 Å². The van der Waals surface area contributed by atoms with E-state index in [1.54, 1.807) is 7.11 Å². The van der Waals surface area contributed by atoms with Crippen LogP contribution in [-0.2, 0) is 43.5 Å². The Kier molecular flexibility index (Phi) is 10.7. The molecule has 1 saturated heterocycles. The second kappa shape index (κ2) is 14.2. The maximum atomic E-state index is 6.55. The third-order valence-corrected chi connectivity index (χ3v) is 6.44. The minimum atomic E-state index is -0.647. The van der Waals surface area contributed by atoms with Crippen LogP contribution < -0.4 is 0 Å². The van der Waals surface area contributed by atoms with Gasteiger partial charge in [-0.25, -0.2) is 0 Å². The van der Waals surface area contributed by atoms with Crippen molar-refractivity contribution in [1.82, 2.24) is 0 Å². The molecule has 1 aliphatic heterocycles. The van der Waals surface area contributed by atoms with Crippen LogP contribution in [0.15, 0.2) is 100 Å². The fraction of sp³-hybridized carbons (Fsp3) is 0.310. The molecular weight excluding hydrogens is 588 g/mol. The molecule has 36 heavy (non-hydrogen) atoms. The summed E-state index contributed by atoms with van der Waals surface area (Å²) in [6.45, 7) is 1.21. The first-order valence-corrected chi connectivity index (χ1v) is 13.4. The molecule has 1 aliphatic rings. The molecule has 0 N–H and O–H groups in total. The van der Waals surface area contributed by atoms with Gasteiger partial charge < -0.3 is 23.7 Å². The van der Waals surface area contributed by atoms with E-state index in [1.807, 2.05) is 97.1 Å². The fourth-order valence-corrected chi connectivity index (χ4v) is 4.66. The lowest BCUT2D eigenvalue weighted by molar-refractivity contribution is -0.309. The summed E-state index contributed by atoms with van der Waals surface area (Å²) >= 11 is 6.95. The van der Waals surface area contributed by atoms with Gasteiger partial charge in [0.15, 0.2) is 6.29 Å². The Hall–Kier alpha value is -1.84. The Bertz CT molecular complexity index is 1060. The van der Waals surface area contributed by atoms with E-state index in [0.29, 0.717) is 19.8 Å². The van der Waals surface area contributed by atoms with E-state index in [-0.39, 0.29) is 0 Å². The summed E-state index contributed by atoms with van der Waals surface area (Å²) in [7, 11) is 1.62. The fourth-order valence-electron chi connectivity index (χ4n) is 4.14. The summed E-state index contributed by atoms with van der Waals surface area (Å²) in [5.41, 5.74) is 3.19. The summed E-state index contributed by atoms with van der Waals surface area (Å²) in [6.07, 6.45) is -0.605. The average molecular weight is 618 g/mol. The molecule has 0 radical (unpaired) electrons. The second-order valence-electron chi connectivity index (χ2n) is 8.44. The molecule has 5 atom stereocenters. The molecule has 0 saturated carbocycles. The lowest BCUT2D eigenvalue weighted by Crippen LogP contribution is -2.60. The predicted molar refractivity (Wildman–Crippen MR) is 147 cm³/mol. The minimum Gasteiger partial charge on any atom is -0.368 e. The van der Waals surface area contributed by atoms with Crippen LogP contribution in [-0.4, -0.2) is 37.8 Å². The van der Waals surface area contributed by atoms with Crippen LogP contribution in [0.25, 0.3) is 0 Å². The van der Waals surface area contributed by atoms with Gasteiger partial charge in [0.2, 0.25) is 0 Å². The Labute approximate surface area is 229 Å². The molecule has 7 heteroatoms. The van der Waals surface area contributed by atoms with Crippen molar-refractivity contribution < 1.29 is 23.7 Å². The number of benzene rings is 3. The number of hydrogen-bond acceptors (Lipinski definition) is 5. The van der Waals surface area contributed by atoms with Crippen LogP contribution in [0.3, 0.4) is 0 Å². The number of methoxy groups -OCH3 is 1. The minimum absolute atomic E-state index is 0.397. The van der Waals surface area contributed by atoms with Crippen LogP contribution in [0.5, 0.6) is 0 Å². The molecule has 0 unspecified atom stereocenters. The average Bonchev–Trinajstić information content (AvgIpc) is 2.91. The molecule has 0 amide bonds. The molecule has 3 aromatic carbocycles. The van der Waals surface area contributed by atoms with Gasteiger partial charge in [-0.1, -0.05) is 91.0 Å². The van der Waals surface area contributed by atoms with Crippen LogP contribution in [0.2, 0.25) is 0 Å². The van der Waals surface area contributed by atoms with Crippen molar-refractivity contribution in [3.05, 3.63) is 117 Å². The highest BCUT2D eigenvalue weighted by molar-refractivity contribution is 9.28. The van der Waals surface area contributed by atoms with Gasteiger partial charge in [-0.15, -0.1) is 0 Å². The normalized spacial score (nSPS) is 23.8. The van der Waals surface area contributed by atoms with E-state index in [1.165, 1.54) is 0 Å². The first-order chi connectivity index (χ1) is 17.6. The van der Waals surface area contributed by atoms with Crippen molar-refractivity contribution in [3.63, 3.8) is 0 Å². The van der Waals surface area contributed by atoms with Gasteiger partial charge in [0.25, 0.3) is 0 Å². The number of ether oxygens (including phenoxy) is 5. The molecule has 0 aromatic heterocycles. The molecular formula is C29H30Br2O5. The summed E-state index contributed by atoms with van der Waals surface area (Å²) in [6, 6.07) is 30.2. The maximum absolute atomic E-state index is 6.55. The van der Waals surface area contributed by atoms with E-state index < -0.39 is 30.7 Å². The van der Waals surface area contributed by atoms with Crippen LogP contribution in [0.4, 0.5) is 0 Å². The smallest absolute Gasteiger partial charge is 0.186 e. The van der Waals surface area contributed by atoms with Gasteiger partial charge in [0, 0.05) is 7.11 Å². The molecule has 1 fully saturated rings. The van der Waals surface area contributed by atoms with Gasteiger partial charge in [0.05, 0.1) is 23.2 Å². The lowest BCUT2D eigenvalue weighted by Gasteiger charge is -2.45. The Morgan fingerprint density at radius 3 is 1.50 bits per heavy atom. The number of halogens is 2. The molecule has 0 spiro atoms. The zero-order valence-corrected chi connectivity index (χ0v) is 23.2. The van der Waals surface area contributed by atoms with Crippen LogP contribution in [0, 0.1) is 0 Å². The lowest BCUT2D eigenvalue weighted by atomic mass is 9.97.